The summed E-state index contributed by atoms with van der Waals surface area (Å²) in [5, 5.41) is 15.8. The molecule has 1 aromatic carbocycles. The van der Waals surface area contributed by atoms with Crippen molar-refractivity contribution >= 4 is 27.4 Å². The number of ether oxygens (including phenoxy) is 1. The molecule has 0 radical (unpaired) electrons. The number of rotatable bonds is 10. The number of hydrogen-bond donors (Lipinski definition) is 3. The van der Waals surface area contributed by atoms with Crippen molar-refractivity contribution in [2.45, 2.75) is 26.1 Å². The smallest absolute Gasteiger partial charge is 0.258 e. The van der Waals surface area contributed by atoms with Gasteiger partial charge in [-0.05, 0) is 43.5 Å². The highest BCUT2D eigenvalue weighted by atomic mass is 32.1. The number of fused-ring (bicyclic) bond motifs is 1. The summed E-state index contributed by atoms with van der Waals surface area (Å²) in [6.45, 7) is 4.51. The Morgan fingerprint density at radius 3 is 2.78 bits per heavy atom. The largest absolute Gasteiger partial charge is 0.395 e. The fourth-order valence-corrected chi connectivity index (χ4v) is 5.16. The number of nitrogens with zero attached hydrogens (tertiary/aromatic N) is 4. The molecule has 1 saturated heterocycles. The van der Waals surface area contributed by atoms with Crippen LogP contribution in [0.15, 0.2) is 52.8 Å². The maximum Gasteiger partial charge on any atom is 0.258 e. The number of piperidine rings is 1. The first-order chi connectivity index (χ1) is 17.7. The van der Waals surface area contributed by atoms with Crippen molar-refractivity contribution in [1.82, 2.24) is 24.8 Å². The first-order valence-corrected chi connectivity index (χ1v) is 13.1. The molecule has 0 unspecified atom stereocenters. The third-order valence-corrected chi connectivity index (χ3v) is 7.24. The molecule has 1 fully saturated rings. The molecule has 0 saturated carbocycles. The van der Waals surface area contributed by atoms with E-state index in [2.05, 4.69) is 25.2 Å². The molecule has 5 rings (SSSR count). The number of likely N-dealkylation sites (tertiary alicyclic amines) is 1. The third kappa shape index (κ3) is 5.96. The van der Waals surface area contributed by atoms with Gasteiger partial charge in [0.2, 0.25) is 0 Å². The molecule has 0 bridgehead atoms. The summed E-state index contributed by atoms with van der Waals surface area (Å²) < 4.78 is 5.78. The van der Waals surface area contributed by atoms with E-state index in [4.69, 9.17) is 14.8 Å². The van der Waals surface area contributed by atoms with Gasteiger partial charge in [0.25, 0.3) is 5.56 Å². The molecule has 0 amide bonds. The van der Waals surface area contributed by atoms with Gasteiger partial charge in [-0.2, -0.15) is 0 Å². The van der Waals surface area contributed by atoms with E-state index in [0.29, 0.717) is 40.6 Å². The standard InChI is InChI=1S/C26H30N6O3S/c33-13-12-32-10-7-18(8-11-32)14-28-26-29-21(17-36-26)24-23-20(6-9-27-24)25(34)31-22(30-23)16-35-15-19-4-2-1-3-5-19/h1-6,9,17-18,33H,7-8,10-16H2,(H,28,29)(H,30,31,34). The molecule has 9 nitrogen and oxygen atoms in total. The van der Waals surface area contributed by atoms with Crippen LogP contribution in [0.1, 0.15) is 24.2 Å². The number of nitrogens with one attached hydrogen (secondary N) is 2. The number of aromatic nitrogens is 4. The van der Waals surface area contributed by atoms with Crippen LogP contribution >= 0.6 is 11.3 Å². The van der Waals surface area contributed by atoms with Gasteiger partial charge < -0.3 is 25.0 Å². The summed E-state index contributed by atoms with van der Waals surface area (Å²) >= 11 is 1.53. The molecule has 0 aliphatic carbocycles. The monoisotopic (exact) mass is 506 g/mol. The molecule has 1 aliphatic heterocycles. The Morgan fingerprint density at radius 2 is 1.97 bits per heavy atom. The van der Waals surface area contributed by atoms with E-state index in [1.54, 1.807) is 12.3 Å². The Morgan fingerprint density at radius 1 is 1.14 bits per heavy atom. The molecule has 10 heteroatoms. The first kappa shape index (κ1) is 24.5. The Hall–Kier alpha value is -3.18. The summed E-state index contributed by atoms with van der Waals surface area (Å²) in [4.78, 5) is 31.8. The van der Waals surface area contributed by atoms with Gasteiger partial charge in [0.05, 0.1) is 18.6 Å². The number of H-pyrrole nitrogens is 1. The quantitative estimate of drug-likeness (QED) is 0.300. The van der Waals surface area contributed by atoms with Crippen LogP contribution in [0, 0.1) is 5.92 Å². The Labute approximate surface area is 213 Å². The van der Waals surface area contributed by atoms with Gasteiger partial charge in [-0.1, -0.05) is 30.3 Å². The van der Waals surface area contributed by atoms with Gasteiger partial charge in [-0.15, -0.1) is 11.3 Å². The zero-order valence-electron chi connectivity index (χ0n) is 20.0. The fourth-order valence-electron chi connectivity index (χ4n) is 4.46. The molecule has 3 N–H and O–H groups in total. The van der Waals surface area contributed by atoms with Crippen LogP contribution in [-0.2, 0) is 18.0 Å². The van der Waals surface area contributed by atoms with Crippen LogP contribution in [0.3, 0.4) is 0 Å². The van der Waals surface area contributed by atoms with Gasteiger partial charge in [0, 0.05) is 24.7 Å². The number of β-amino-alcohol motifs (C(OH)–C–C–N with tert-alkyl or cyclic N) is 1. The minimum absolute atomic E-state index is 0.190. The first-order valence-electron chi connectivity index (χ1n) is 12.2. The summed E-state index contributed by atoms with van der Waals surface area (Å²) in [5.41, 5.74) is 2.64. The van der Waals surface area contributed by atoms with Gasteiger partial charge in [0.15, 0.2) is 5.13 Å². The molecule has 0 spiro atoms. The molecule has 3 aromatic heterocycles. The lowest BCUT2D eigenvalue weighted by Crippen LogP contribution is -2.37. The van der Waals surface area contributed by atoms with Crippen LogP contribution < -0.4 is 10.9 Å². The maximum atomic E-state index is 12.7. The molecule has 4 aromatic rings. The highest BCUT2D eigenvalue weighted by Crippen LogP contribution is 2.28. The normalized spacial score (nSPS) is 14.9. The number of pyridine rings is 1. The predicted octanol–water partition coefficient (Wildman–Crippen LogP) is 3.27. The van der Waals surface area contributed by atoms with Crippen LogP contribution in [0.5, 0.6) is 0 Å². The lowest BCUT2D eigenvalue weighted by molar-refractivity contribution is 0.102. The van der Waals surface area contributed by atoms with Gasteiger partial charge in [0.1, 0.15) is 29.3 Å². The second kappa shape index (κ2) is 11.7. The molecule has 36 heavy (non-hydrogen) atoms. The average molecular weight is 507 g/mol. The molecular formula is C26H30N6O3S. The fraction of sp³-hybridized carbons (Fsp3) is 0.385. The van der Waals surface area contributed by atoms with Crippen LogP contribution in [-0.4, -0.2) is 62.7 Å². The molecule has 188 valence electrons. The highest BCUT2D eigenvalue weighted by Gasteiger charge is 2.19. The van der Waals surface area contributed by atoms with Gasteiger partial charge in [-0.3, -0.25) is 9.78 Å². The van der Waals surface area contributed by atoms with E-state index in [0.717, 1.165) is 49.7 Å². The zero-order chi connectivity index (χ0) is 24.7. The lowest BCUT2D eigenvalue weighted by Gasteiger charge is -2.31. The minimum atomic E-state index is -0.219. The van der Waals surface area contributed by atoms with Crippen molar-refractivity contribution in [3.05, 3.63) is 69.7 Å². The van der Waals surface area contributed by atoms with Crippen molar-refractivity contribution in [3.8, 4) is 11.4 Å². The number of anilines is 1. The van der Waals surface area contributed by atoms with Crippen molar-refractivity contribution in [2.24, 2.45) is 5.92 Å². The highest BCUT2D eigenvalue weighted by molar-refractivity contribution is 7.14. The van der Waals surface area contributed by atoms with Crippen molar-refractivity contribution in [3.63, 3.8) is 0 Å². The number of aliphatic hydroxyl groups is 1. The van der Waals surface area contributed by atoms with E-state index in [1.807, 2.05) is 35.7 Å². The van der Waals surface area contributed by atoms with Gasteiger partial charge in [-0.25, -0.2) is 9.97 Å². The van der Waals surface area contributed by atoms with E-state index >= 15 is 0 Å². The van der Waals surface area contributed by atoms with Crippen LogP contribution in [0.25, 0.3) is 22.3 Å². The predicted molar refractivity (Wildman–Crippen MR) is 141 cm³/mol. The summed E-state index contributed by atoms with van der Waals surface area (Å²) in [7, 11) is 0. The number of hydrogen-bond acceptors (Lipinski definition) is 9. The zero-order valence-corrected chi connectivity index (χ0v) is 20.8. The van der Waals surface area contributed by atoms with E-state index < -0.39 is 0 Å². The van der Waals surface area contributed by atoms with Crippen LogP contribution in [0.2, 0.25) is 0 Å². The molecular weight excluding hydrogens is 476 g/mol. The summed E-state index contributed by atoms with van der Waals surface area (Å²) in [6.07, 6.45) is 3.84. The minimum Gasteiger partial charge on any atom is -0.395 e. The topological polar surface area (TPSA) is 116 Å². The van der Waals surface area contributed by atoms with Crippen molar-refractivity contribution < 1.29 is 9.84 Å². The number of benzene rings is 1. The molecule has 0 atom stereocenters. The second-order valence-electron chi connectivity index (χ2n) is 8.97. The molecule has 4 heterocycles. The summed E-state index contributed by atoms with van der Waals surface area (Å²) in [5.74, 6) is 1.04. The average Bonchev–Trinajstić information content (AvgIpc) is 3.38. The Bertz CT molecular complexity index is 1330. The molecule has 1 aliphatic rings. The van der Waals surface area contributed by atoms with Crippen molar-refractivity contribution in [2.75, 3.05) is 38.1 Å². The van der Waals surface area contributed by atoms with Crippen LogP contribution in [0.4, 0.5) is 5.13 Å². The number of aromatic amines is 1. The van der Waals surface area contributed by atoms with Crippen molar-refractivity contribution in [1.29, 1.82) is 0 Å². The second-order valence-corrected chi connectivity index (χ2v) is 9.83. The maximum absolute atomic E-state index is 12.7. The lowest BCUT2D eigenvalue weighted by atomic mass is 9.97. The SMILES string of the molecule is O=c1[nH]c(COCc2ccccc2)nc2c(-c3csc(NCC4CCN(CCO)CC4)n3)nccc12. The van der Waals surface area contributed by atoms with E-state index in [9.17, 15) is 4.79 Å². The Kier molecular flexibility index (Phi) is 7.97. The van der Waals surface area contributed by atoms with E-state index in [-0.39, 0.29) is 18.8 Å². The van der Waals surface area contributed by atoms with Gasteiger partial charge >= 0.3 is 0 Å². The number of aliphatic hydroxyl groups excluding tert-OH is 1. The third-order valence-electron chi connectivity index (χ3n) is 6.44. The van der Waals surface area contributed by atoms with E-state index in [1.165, 1.54) is 11.3 Å². The summed E-state index contributed by atoms with van der Waals surface area (Å²) in [6, 6.07) is 11.5. The number of thiazole rings is 1. The Balaban J connectivity index is 1.26.